The van der Waals surface area contributed by atoms with Crippen LogP contribution >= 0.6 is 11.8 Å². The Morgan fingerprint density at radius 2 is 2.30 bits per heavy atom. The third kappa shape index (κ3) is 4.86. The van der Waals surface area contributed by atoms with E-state index in [1.54, 1.807) is 16.3 Å². The summed E-state index contributed by atoms with van der Waals surface area (Å²) in [6, 6.07) is 1.29. The summed E-state index contributed by atoms with van der Waals surface area (Å²) < 4.78 is 1.56. The van der Waals surface area contributed by atoms with E-state index in [1.807, 2.05) is 6.92 Å². The SMILES string of the molecule is CCn1cc([N+](=O)[O-])cc1C(=O)NCCSCCCO. The zero-order valence-electron chi connectivity index (χ0n) is 11.4. The summed E-state index contributed by atoms with van der Waals surface area (Å²) in [6.45, 7) is 3.00. The number of hydrogen-bond acceptors (Lipinski definition) is 5. The number of nitrogens with zero attached hydrogens (tertiary/aromatic N) is 2. The number of nitrogens with one attached hydrogen (secondary N) is 1. The number of aromatic nitrogens is 1. The normalized spacial score (nSPS) is 10.5. The Hall–Kier alpha value is -1.54. The van der Waals surface area contributed by atoms with Gasteiger partial charge < -0.3 is 15.0 Å². The van der Waals surface area contributed by atoms with Crippen LogP contribution in [0.1, 0.15) is 23.8 Å². The summed E-state index contributed by atoms with van der Waals surface area (Å²) in [6.07, 6.45) is 2.11. The molecule has 0 bridgehead atoms. The molecule has 0 saturated carbocycles. The molecular weight excluding hydrogens is 282 g/mol. The molecule has 1 rings (SSSR count). The fraction of sp³-hybridized carbons (Fsp3) is 0.583. The van der Waals surface area contributed by atoms with Gasteiger partial charge in [0.05, 0.1) is 11.1 Å². The van der Waals surface area contributed by atoms with Crippen LogP contribution in [0.25, 0.3) is 0 Å². The molecule has 0 radical (unpaired) electrons. The first-order chi connectivity index (χ1) is 9.60. The summed E-state index contributed by atoms with van der Waals surface area (Å²) in [7, 11) is 0. The number of carbonyl (C=O) groups excluding carboxylic acids is 1. The van der Waals surface area contributed by atoms with Crippen LogP contribution < -0.4 is 5.32 Å². The fourth-order valence-electron chi connectivity index (χ4n) is 1.64. The van der Waals surface area contributed by atoms with Crippen molar-refractivity contribution in [3.8, 4) is 0 Å². The Bertz CT molecular complexity index is 462. The lowest BCUT2D eigenvalue weighted by atomic mass is 10.4. The van der Waals surface area contributed by atoms with E-state index in [1.165, 1.54) is 12.3 Å². The maximum Gasteiger partial charge on any atom is 0.287 e. The van der Waals surface area contributed by atoms with Gasteiger partial charge in [0.2, 0.25) is 0 Å². The summed E-state index contributed by atoms with van der Waals surface area (Å²) >= 11 is 1.65. The van der Waals surface area contributed by atoms with Gasteiger partial charge in [0.25, 0.3) is 11.6 Å². The number of carbonyl (C=O) groups is 1. The van der Waals surface area contributed by atoms with Crippen LogP contribution in [0.4, 0.5) is 5.69 Å². The van der Waals surface area contributed by atoms with Crippen molar-refractivity contribution in [2.45, 2.75) is 19.9 Å². The van der Waals surface area contributed by atoms with Crippen LogP contribution in [0, 0.1) is 10.1 Å². The van der Waals surface area contributed by atoms with E-state index in [2.05, 4.69) is 5.32 Å². The first-order valence-electron chi connectivity index (χ1n) is 6.41. The van der Waals surface area contributed by atoms with E-state index in [0.29, 0.717) is 18.8 Å². The zero-order chi connectivity index (χ0) is 15.0. The Morgan fingerprint density at radius 1 is 1.55 bits per heavy atom. The summed E-state index contributed by atoms with van der Waals surface area (Å²) in [5.74, 6) is 1.30. The second-order valence-corrected chi connectivity index (χ2v) is 5.30. The maximum absolute atomic E-state index is 11.9. The van der Waals surface area contributed by atoms with E-state index >= 15 is 0 Å². The minimum atomic E-state index is -0.506. The molecule has 112 valence electrons. The molecule has 8 heteroatoms. The molecule has 1 aromatic rings. The molecule has 0 atom stereocenters. The highest BCUT2D eigenvalue weighted by atomic mass is 32.2. The van der Waals surface area contributed by atoms with Crippen LogP contribution in [-0.4, -0.2) is 45.2 Å². The van der Waals surface area contributed by atoms with Crippen LogP contribution in [-0.2, 0) is 6.54 Å². The number of aryl methyl sites for hydroxylation is 1. The Labute approximate surface area is 121 Å². The topological polar surface area (TPSA) is 97.4 Å². The monoisotopic (exact) mass is 301 g/mol. The maximum atomic E-state index is 11.9. The van der Waals surface area contributed by atoms with Crippen molar-refractivity contribution in [2.24, 2.45) is 0 Å². The van der Waals surface area contributed by atoms with Gasteiger partial charge >= 0.3 is 0 Å². The van der Waals surface area contributed by atoms with E-state index in [4.69, 9.17) is 5.11 Å². The van der Waals surface area contributed by atoms with Crippen LogP contribution in [0.5, 0.6) is 0 Å². The highest BCUT2D eigenvalue weighted by Gasteiger charge is 2.18. The van der Waals surface area contributed by atoms with E-state index in [9.17, 15) is 14.9 Å². The molecule has 0 aliphatic carbocycles. The summed E-state index contributed by atoms with van der Waals surface area (Å²) in [4.78, 5) is 22.1. The molecule has 0 unspecified atom stereocenters. The van der Waals surface area contributed by atoms with E-state index in [-0.39, 0.29) is 18.2 Å². The average molecular weight is 301 g/mol. The van der Waals surface area contributed by atoms with Crippen molar-refractivity contribution in [1.82, 2.24) is 9.88 Å². The third-order valence-electron chi connectivity index (χ3n) is 2.65. The molecule has 1 aromatic heterocycles. The molecule has 0 saturated heterocycles. The molecule has 1 heterocycles. The van der Waals surface area contributed by atoms with Crippen molar-refractivity contribution in [3.63, 3.8) is 0 Å². The van der Waals surface area contributed by atoms with Gasteiger partial charge in [-0.3, -0.25) is 14.9 Å². The summed E-state index contributed by atoms with van der Waals surface area (Å²) in [5.41, 5.74) is 0.230. The lowest BCUT2D eigenvalue weighted by molar-refractivity contribution is -0.384. The van der Waals surface area contributed by atoms with Gasteiger partial charge in [0.15, 0.2) is 0 Å². The minimum Gasteiger partial charge on any atom is -0.396 e. The van der Waals surface area contributed by atoms with Gasteiger partial charge in [-0.1, -0.05) is 0 Å². The molecule has 1 amide bonds. The molecule has 0 fully saturated rings. The molecular formula is C12H19N3O4S. The lowest BCUT2D eigenvalue weighted by Gasteiger charge is -2.07. The van der Waals surface area contributed by atoms with Crippen molar-refractivity contribution in [3.05, 3.63) is 28.1 Å². The van der Waals surface area contributed by atoms with Gasteiger partial charge in [-0.15, -0.1) is 0 Å². The smallest absolute Gasteiger partial charge is 0.287 e. The number of hydrogen-bond donors (Lipinski definition) is 2. The number of amides is 1. The number of nitro groups is 1. The first-order valence-corrected chi connectivity index (χ1v) is 7.57. The zero-order valence-corrected chi connectivity index (χ0v) is 12.2. The number of aliphatic hydroxyl groups excluding tert-OH is 1. The molecule has 0 aliphatic rings. The largest absolute Gasteiger partial charge is 0.396 e. The van der Waals surface area contributed by atoms with Crippen LogP contribution in [0.15, 0.2) is 12.3 Å². The third-order valence-corrected chi connectivity index (χ3v) is 3.72. The molecule has 0 aromatic carbocycles. The molecule has 7 nitrogen and oxygen atoms in total. The quantitative estimate of drug-likeness (QED) is 0.406. The predicted octanol–water partition coefficient (Wildman–Crippen LogP) is 1.26. The highest BCUT2D eigenvalue weighted by Crippen LogP contribution is 2.16. The van der Waals surface area contributed by atoms with Crippen molar-refractivity contribution >= 4 is 23.4 Å². The van der Waals surface area contributed by atoms with Crippen LogP contribution in [0.3, 0.4) is 0 Å². The highest BCUT2D eigenvalue weighted by molar-refractivity contribution is 7.99. The first kappa shape index (κ1) is 16.5. The van der Waals surface area contributed by atoms with E-state index in [0.717, 1.165) is 17.9 Å². The Morgan fingerprint density at radius 3 is 2.90 bits per heavy atom. The van der Waals surface area contributed by atoms with Crippen molar-refractivity contribution < 1.29 is 14.8 Å². The second-order valence-electron chi connectivity index (χ2n) is 4.07. The van der Waals surface area contributed by atoms with Gasteiger partial charge in [-0.2, -0.15) is 11.8 Å². The van der Waals surface area contributed by atoms with Crippen molar-refractivity contribution in [2.75, 3.05) is 24.7 Å². The fourth-order valence-corrected chi connectivity index (χ4v) is 2.43. The second kappa shape index (κ2) is 8.60. The van der Waals surface area contributed by atoms with Crippen LogP contribution in [0.2, 0.25) is 0 Å². The molecule has 0 spiro atoms. The molecule has 0 aliphatic heterocycles. The molecule has 2 N–H and O–H groups in total. The number of thioether (sulfide) groups is 1. The Kier molecular flexibility index (Phi) is 7.10. The minimum absolute atomic E-state index is 0.0747. The lowest BCUT2D eigenvalue weighted by Crippen LogP contribution is -2.27. The van der Waals surface area contributed by atoms with Gasteiger partial charge in [-0.25, -0.2) is 0 Å². The predicted molar refractivity (Wildman–Crippen MR) is 78.1 cm³/mol. The van der Waals surface area contributed by atoms with Gasteiger partial charge in [0, 0.05) is 31.5 Å². The Balaban J connectivity index is 2.48. The average Bonchev–Trinajstić information content (AvgIpc) is 2.87. The van der Waals surface area contributed by atoms with Gasteiger partial charge in [-0.05, 0) is 19.1 Å². The summed E-state index contributed by atoms with van der Waals surface area (Å²) in [5, 5.41) is 22.1. The number of aliphatic hydroxyl groups is 1. The van der Waals surface area contributed by atoms with Crippen molar-refractivity contribution in [1.29, 1.82) is 0 Å². The van der Waals surface area contributed by atoms with Gasteiger partial charge in [0.1, 0.15) is 5.69 Å². The standard InChI is InChI=1S/C12H19N3O4S/c1-2-14-9-10(15(18)19)8-11(14)12(17)13-4-7-20-6-3-5-16/h8-9,16H,2-7H2,1H3,(H,13,17). The van der Waals surface area contributed by atoms with E-state index < -0.39 is 4.92 Å². The molecule has 20 heavy (non-hydrogen) atoms. The number of rotatable bonds is 9.